The number of aromatic nitrogens is 2. The molecule has 0 spiro atoms. The number of nitrogens with zero attached hydrogens (tertiary/aromatic N) is 3. The SMILES string of the molecule is Cc1csc2ncnc(NCCCN(C)c3ccccc3)c12. The molecule has 3 rings (SSSR count). The maximum Gasteiger partial charge on any atom is 0.138 e. The predicted octanol–water partition coefficient (Wildman–Crippen LogP) is 3.94. The summed E-state index contributed by atoms with van der Waals surface area (Å²) in [6, 6.07) is 10.5. The second-order valence-electron chi connectivity index (χ2n) is 5.36. The van der Waals surface area contributed by atoms with Gasteiger partial charge in [-0.1, -0.05) is 18.2 Å². The lowest BCUT2D eigenvalue weighted by molar-refractivity contribution is 0.814. The van der Waals surface area contributed by atoms with Gasteiger partial charge in [0.15, 0.2) is 0 Å². The van der Waals surface area contributed by atoms with Crippen molar-refractivity contribution in [2.45, 2.75) is 13.3 Å². The number of benzene rings is 1. The molecule has 0 saturated heterocycles. The van der Waals surface area contributed by atoms with E-state index >= 15 is 0 Å². The second kappa shape index (κ2) is 6.75. The van der Waals surface area contributed by atoms with E-state index in [9.17, 15) is 0 Å². The highest BCUT2D eigenvalue weighted by molar-refractivity contribution is 7.17. The summed E-state index contributed by atoms with van der Waals surface area (Å²) in [7, 11) is 2.13. The smallest absolute Gasteiger partial charge is 0.138 e. The lowest BCUT2D eigenvalue weighted by Gasteiger charge is -2.19. The zero-order valence-corrected chi connectivity index (χ0v) is 13.7. The molecule has 1 aromatic carbocycles. The van der Waals surface area contributed by atoms with Crippen LogP contribution in [-0.2, 0) is 0 Å². The van der Waals surface area contributed by atoms with E-state index in [1.165, 1.54) is 11.3 Å². The van der Waals surface area contributed by atoms with Gasteiger partial charge in [-0.3, -0.25) is 0 Å². The number of fused-ring (bicyclic) bond motifs is 1. The number of hydrogen-bond donors (Lipinski definition) is 1. The van der Waals surface area contributed by atoms with Gasteiger partial charge in [-0.25, -0.2) is 9.97 Å². The van der Waals surface area contributed by atoms with Crippen LogP contribution in [0.15, 0.2) is 42.0 Å². The number of nitrogens with one attached hydrogen (secondary N) is 1. The Bertz CT molecular complexity index is 739. The summed E-state index contributed by atoms with van der Waals surface area (Å²) in [5, 5.41) is 6.74. The highest BCUT2D eigenvalue weighted by Gasteiger charge is 2.08. The van der Waals surface area contributed by atoms with E-state index < -0.39 is 0 Å². The largest absolute Gasteiger partial charge is 0.375 e. The first-order valence-corrected chi connectivity index (χ1v) is 8.32. The number of hydrogen-bond acceptors (Lipinski definition) is 5. The minimum atomic E-state index is 0.901. The van der Waals surface area contributed by atoms with Crippen molar-refractivity contribution >= 4 is 33.1 Å². The molecule has 4 nitrogen and oxygen atoms in total. The van der Waals surface area contributed by atoms with Crippen molar-refractivity contribution in [2.75, 3.05) is 30.4 Å². The van der Waals surface area contributed by atoms with Gasteiger partial charge in [0.25, 0.3) is 0 Å². The highest BCUT2D eigenvalue weighted by atomic mass is 32.1. The van der Waals surface area contributed by atoms with E-state index in [0.717, 1.165) is 35.5 Å². The van der Waals surface area contributed by atoms with Gasteiger partial charge < -0.3 is 10.2 Å². The van der Waals surface area contributed by atoms with Crippen molar-refractivity contribution in [1.29, 1.82) is 0 Å². The van der Waals surface area contributed by atoms with Crippen LogP contribution in [0.2, 0.25) is 0 Å². The van der Waals surface area contributed by atoms with Crippen LogP contribution in [-0.4, -0.2) is 30.1 Å². The first kappa shape index (κ1) is 14.8. The minimum Gasteiger partial charge on any atom is -0.375 e. The summed E-state index contributed by atoms with van der Waals surface area (Å²) >= 11 is 1.67. The molecular formula is C17H20N4S. The van der Waals surface area contributed by atoms with E-state index in [-0.39, 0.29) is 0 Å². The Balaban J connectivity index is 1.56. The first-order valence-electron chi connectivity index (χ1n) is 7.44. The number of rotatable bonds is 6. The van der Waals surface area contributed by atoms with E-state index in [1.54, 1.807) is 17.7 Å². The fraction of sp³-hybridized carbons (Fsp3) is 0.294. The summed E-state index contributed by atoms with van der Waals surface area (Å²) in [5.74, 6) is 0.950. The van der Waals surface area contributed by atoms with Crippen LogP contribution in [0.1, 0.15) is 12.0 Å². The molecule has 0 radical (unpaired) electrons. The average Bonchev–Trinajstić information content (AvgIpc) is 2.94. The van der Waals surface area contributed by atoms with Crippen molar-refractivity contribution in [1.82, 2.24) is 9.97 Å². The molecule has 0 unspecified atom stereocenters. The Morgan fingerprint density at radius 2 is 2.00 bits per heavy atom. The normalized spacial score (nSPS) is 10.8. The van der Waals surface area contributed by atoms with Crippen LogP contribution in [0.4, 0.5) is 11.5 Å². The topological polar surface area (TPSA) is 41.1 Å². The Morgan fingerprint density at radius 1 is 1.18 bits per heavy atom. The maximum atomic E-state index is 4.39. The zero-order chi connectivity index (χ0) is 15.4. The van der Waals surface area contributed by atoms with Crippen LogP contribution in [0.3, 0.4) is 0 Å². The molecule has 0 aliphatic rings. The lowest BCUT2D eigenvalue weighted by Crippen LogP contribution is -2.20. The lowest BCUT2D eigenvalue weighted by atomic mass is 10.2. The third kappa shape index (κ3) is 3.20. The molecule has 2 aromatic heterocycles. The van der Waals surface area contributed by atoms with Gasteiger partial charge in [-0.05, 0) is 36.4 Å². The molecule has 2 heterocycles. The Labute approximate surface area is 134 Å². The van der Waals surface area contributed by atoms with Crippen LogP contribution in [0, 0.1) is 6.92 Å². The summed E-state index contributed by atoms with van der Waals surface area (Å²) < 4.78 is 0. The summed E-state index contributed by atoms with van der Waals surface area (Å²) in [5.41, 5.74) is 2.49. The highest BCUT2D eigenvalue weighted by Crippen LogP contribution is 2.28. The predicted molar refractivity (Wildman–Crippen MR) is 95.0 cm³/mol. The maximum absolute atomic E-state index is 4.39. The second-order valence-corrected chi connectivity index (χ2v) is 6.22. The quantitative estimate of drug-likeness (QED) is 0.700. The van der Waals surface area contributed by atoms with Crippen LogP contribution < -0.4 is 10.2 Å². The van der Waals surface area contributed by atoms with Crippen molar-refractivity contribution < 1.29 is 0 Å². The number of para-hydroxylation sites is 1. The average molecular weight is 312 g/mol. The fourth-order valence-corrected chi connectivity index (χ4v) is 3.38. The Hall–Kier alpha value is -2.14. The van der Waals surface area contributed by atoms with Gasteiger partial charge >= 0.3 is 0 Å². The minimum absolute atomic E-state index is 0.901. The first-order chi connectivity index (χ1) is 10.8. The van der Waals surface area contributed by atoms with Gasteiger partial charge in [0.2, 0.25) is 0 Å². The van der Waals surface area contributed by atoms with Crippen molar-refractivity contribution in [3.8, 4) is 0 Å². The molecule has 0 bridgehead atoms. The van der Waals surface area contributed by atoms with Crippen LogP contribution in [0.5, 0.6) is 0 Å². The molecule has 0 atom stereocenters. The van der Waals surface area contributed by atoms with Gasteiger partial charge in [-0.15, -0.1) is 11.3 Å². The van der Waals surface area contributed by atoms with Gasteiger partial charge in [0, 0.05) is 25.8 Å². The summed E-state index contributed by atoms with van der Waals surface area (Å²) in [6.45, 7) is 4.02. The Morgan fingerprint density at radius 3 is 2.82 bits per heavy atom. The van der Waals surface area contributed by atoms with Crippen LogP contribution in [0.25, 0.3) is 10.2 Å². The number of aryl methyl sites for hydroxylation is 1. The third-order valence-corrected chi connectivity index (χ3v) is 4.72. The molecule has 0 amide bonds. The molecule has 5 heteroatoms. The van der Waals surface area contributed by atoms with E-state index in [4.69, 9.17) is 0 Å². The van der Waals surface area contributed by atoms with Crippen molar-refractivity contribution in [3.05, 3.63) is 47.6 Å². The number of thiophene rings is 1. The third-order valence-electron chi connectivity index (χ3n) is 3.71. The molecule has 22 heavy (non-hydrogen) atoms. The standard InChI is InChI=1S/C17H20N4S/c1-13-11-22-17-15(13)16(19-12-20-17)18-9-6-10-21(2)14-7-4-3-5-8-14/h3-5,7-8,11-12H,6,9-10H2,1-2H3,(H,18,19,20). The molecule has 0 fully saturated rings. The van der Waals surface area contributed by atoms with Gasteiger partial charge in [0.05, 0.1) is 5.39 Å². The van der Waals surface area contributed by atoms with Crippen molar-refractivity contribution in [2.24, 2.45) is 0 Å². The monoisotopic (exact) mass is 312 g/mol. The van der Waals surface area contributed by atoms with Crippen molar-refractivity contribution in [3.63, 3.8) is 0 Å². The fourth-order valence-electron chi connectivity index (χ4n) is 2.49. The molecular weight excluding hydrogens is 292 g/mol. The molecule has 0 saturated carbocycles. The Kier molecular flexibility index (Phi) is 4.53. The molecule has 3 aromatic rings. The molecule has 0 aliphatic heterocycles. The van der Waals surface area contributed by atoms with E-state index in [1.807, 2.05) is 6.07 Å². The molecule has 1 N–H and O–H groups in total. The van der Waals surface area contributed by atoms with Gasteiger partial charge in [0.1, 0.15) is 17.0 Å². The van der Waals surface area contributed by atoms with Crippen LogP contribution >= 0.6 is 11.3 Å². The van der Waals surface area contributed by atoms with E-state index in [0.29, 0.717) is 0 Å². The zero-order valence-electron chi connectivity index (χ0n) is 12.9. The molecule has 114 valence electrons. The summed E-state index contributed by atoms with van der Waals surface area (Å²) in [6.07, 6.45) is 2.69. The number of anilines is 2. The van der Waals surface area contributed by atoms with Gasteiger partial charge in [-0.2, -0.15) is 0 Å². The molecule has 0 aliphatic carbocycles. The van der Waals surface area contributed by atoms with E-state index in [2.05, 4.69) is 63.8 Å². The summed E-state index contributed by atoms with van der Waals surface area (Å²) in [4.78, 5) is 12.0.